The van der Waals surface area contributed by atoms with Crippen LogP contribution in [0.15, 0.2) is 55.6 Å². The largest absolute Gasteiger partial charge is 0.465 e. The molecular formula is C29H37BrN2O6. The van der Waals surface area contributed by atoms with Crippen LogP contribution in [0.3, 0.4) is 0 Å². The lowest BCUT2D eigenvalue weighted by atomic mass is 9.70. The Balaban J connectivity index is 1.66. The van der Waals surface area contributed by atoms with Crippen LogP contribution >= 0.6 is 15.9 Å². The van der Waals surface area contributed by atoms with Crippen molar-refractivity contribution >= 4 is 33.7 Å². The third-order valence-electron chi connectivity index (χ3n) is 7.90. The first-order valence-corrected chi connectivity index (χ1v) is 14.2. The van der Waals surface area contributed by atoms with Crippen LogP contribution in [0.2, 0.25) is 0 Å². The topological polar surface area (TPSA) is 96.4 Å². The molecule has 3 heterocycles. The summed E-state index contributed by atoms with van der Waals surface area (Å²) in [6, 6.07) is 7.98. The van der Waals surface area contributed by atoms with E-state index >= 15 is 0 Å². The van der Waals surface area contributed by atoms with Crippen LogP contribution in [0.4, 0.5) is 0 Å². The van der Waals surface area contributed by atoms with Gasteiger partial charge in [0.05, 0.1) is 37.2 Å². The third-order valence-corrected chi connectivity index (χ3v) is 8.74. The highest BCUT2D eigenvalue weighted by Crippen LogP contribution is 2.60. The van der Waals surface area contributed by atoms with Gasteiger partial charge >= 0.3 is 5.97 Å². The van der Waals surface area contributed by atoms with Gasteiger partial charge in [0.1, 0.15) is 11.6 Å². The van der Waals surface area contributed by atoms with Gasteiger partial charge in [-0.3, -0.25) is 14.4 Å². The molecule has 2 amide bonds. The maximum Gasteiger partial charge on any atom is 0.312 e. The number of aliphatic hydroxyl groups excluding tert-OH is 1. The molecule has 3 aliphatic rings. The van der Waals surface area contributed by atoms with E-state index in [4.69, 9.17) is 9.47 Å². The van der Waals surface area contributed by atoms with Crippen molar-refractivity contribution in [2.24, 2.45) is 11.8 Å². The van der Waals surface area contributed by atoms with E-state index in [2.05, 4.69) is 29.1 Å². The van der Waals surface area contributed by atoms with Gasteiger partial charge in [0.25, 0.3) is 0 Å². The lowest BCUT2D eigenvalue weighted by molar-refractivity contribution is -0.156. The van der Waals surface area contributed by atoms with E-state index in [0.717, 1.165) is 18.4 Å². The first-order valence-electron chi connectivity index (χ1n) is 13.3. The summed E-state index contributed by atoms with van der Waals surface area (Å²) >= 11 is 3.67. The summed E-state index contributed by atoms with van der Waals surface area (Å²) in [5.41, 5.74) is -0.255. The molecule has 3 saturated heterocycles. The number of fused-ring (bicyclic) bond motifs is 1. The maximum atomic E-state index is 14.3. The summed E-state index contributed by atoms with van der Waals surface area (Å²) in [5.74, 6) is -2.79. The fourth-order valence-electron chi connectivity index (χ4n) is 6.20. The molecule has 1 aromatic rings. The lowest BCUT2D eigenvalue weighted by Crippen LogP contribution is -2.58. The predicted molar refractivity (Wildman–Crippen MR) is 146 cm³/mol. The number of hydrogen-bond acceptors (Lipinski definition) is 6. The number of benzene rings is 1. The average molecular weight is 590 g/mol. The molecule has 0 saturated carbocycles. The van der Waals surface area contributed by atoms with Crippen LogP contribution < -0.4 is 0 Å². The highest BCUT2D eigenvalue weighted by Gasteiger charge is 2.77. The Morgan fingerprint density at radius 2 is 2.03 bits per heavy atom. The summed E-state index contributed by atoms with van der Waals surface area (Å²) in [7, 11) is 0. The molecule has 1 aromatic carbocycles. The van der Waals surface area contributed by atoms with Gasteiger partial charge in [-0.2, -0.15) is 0 Å². The SMILES string of the molecule is C=CCCCCOC(=O)[C@H]1[C@@H]2OC3(CC2Br)C(C(=O)N(CC=C)Cc2ccccc2)N([C@H](C)CO)C(=O)[C@H]13. The quantitative estimate of drug-likeness (QED) is 0.164. The number of ether oxygens (including phenoxy) is 2. The van der Waals surface area contributed by atoms with Crippen molar-refractivity contribution < 1.29 is 29.0 Å². The standard InChI is InChI=1S/C29H37BrN2O6/c1-4-6-7-11-15-37-28(36)22-23-26(34)32(19(3)18-33)25(29(23)16-21(30)24(22)38-29)27(35)31(14-5-2)17-20-12-9-8-10-13-20/h4-5,8-10,12-13,19,21-25,33H,1-2,6-7,11,14-18H2,3H3/t19-,21?,22-,23+,24-,25?,29?/m1/s1. The zero-order chi connectivity index (χ0) is 27.4. The first-order chi connectivity index (χ1) is 18.3. The van der Waals surface area contributed by atoms with E-state index in [0.29, 0.717) is 19.4 Å². The van der Waals surface area contributed by atoms with Crippen LogP contribution in [-0.4, -0.2) is 81.1 Å². The molecule has 7 atom stereocenters. The summed E-state index contributed by atoms with van der Waals surface area (Å²) in [5, 5.41) is 10.1. The van der Waals surface area contributed by atoms with E-state index in [-0.39, 0.29) is 36.4 Å². The van der Waals surface area contributed by atoms with Gasteiger partial charge in [-0.15, -0.1) is 13.2 Å². The molecule has 8 nitrogen and oxygen atoms in total. The molecule has 2 bridgehead atoms. The van der Waals surface area contributed by atoms with Gasteiger partial charge < -0.3 is 24.4 Å². The second kappa shape index (κ2) is 12.1. The summed E-state index contributed by atoms with van der Waals surface area (Å²) < 4.78 is 12.1. The van der Waals surface area contributed by atoms with Crippen LogP contribution in [0, 0.1) is 11.8 Å². The van der Waals surface area contributed by atoms with E-state index in [1.165, 1.54) is 4.90 Å². The van der Waals surface area contributed by atoms with E-state index in [1.807, 2.05) is 36.4 Å². The molecule has 3 aliphatic heterocycles. The average Bonchev–Trinajstić information content (AvgIpc) is 3.51. The highest BCUT2D eigenvalue weighted by molar-refractivity contribution is 9.09. The van der Waals surface area contributed by atoms with Crippen molar-refractivity contribution in [1.29, 1.82) is 0 Å². The fraction of sp³-hybridized carbons (Fsp3) is 0.552. The zero-order valence-corrected chi connectivity index (χ0v) is 23.4. The number of likely N-dealkylation sites (tertiary alicyclic amines) is 1. The summed E-state index contributed by atoms with van der Waals surface area (Å²) in [4.78, 5) is 44.5. The number of carbonyl (C=O) groups is 3. The molecule has 38 heavy (non-hydrogen) atoms. The number of aliphatic hydroxyl groups is 1. The normalized spacial score (nSPS) is 30.1. The molecule has 0 aromatic heterocycles. The van der Waals surface area contributed by atoms with Crippen molar-refractivity contribution in [2.75, 3.05) is 19.8 Å². The Morgan fingerprint density at radius 3 is 2.68 bits per heavy atom. The van der Waals surface area contributed by atoms with Gasteiger partial charge in [0, 0.05) is 17.9 Å². The van der Waals surface area contributed by atoms with Gasteiger partial charge in [0.15, 0.2) is 0 Å². The smallest absolute Gasteiger partial charge is 0.312 e. The predicted octanol–water partition coefficient (Wildman–Crippen LogP) is 3.23. The van der Waals surface area contributed by atoms with Gasteiger partial charge in [0.2, 0.25) is 11.8 Å². The Bertz CT molecular complexity index is 1050. The Labute approximate surface area is 232 Å². The number of unbranched alkanes of at least 4 members (excludes halogenated alkanes) is 2. The fourth-order valence-corrected chi connectivity index (χ4v) is 7.15. The molecule has 4 rings (SSSR count). The molecular weight excluding hydrogens is 552 g/mol. The van der Waals surface area contributed by atoms with E-state index in [1.54, 1.807) is 17.9 Å². The van der Waals surface area contributed by atoms with Gasteiger partial charge in [-0.05, 0) is 38.2 Å². The number of alkyl halides is 1. The minimum Gasteiger partial charge on any atom is -0.465 e. The van der Waals surface area contributed by atoms with Crippen LogP contribution in [0.25, 0.3) is 0 Å². The minimum absolute atomic E-state index is 0.216. The van der Waals surface area contributed by atoms with Crippen molar-refractivity contribution in [1.82, 2.24) is 9.80 Å². The Morgan fingerprint density at radius 1 is 1.29 bits per heavy atom. The van der Waals surface area contributed by atoms with Crippen molar-refractivity contribution in [3.8, 4) is 0 Å². The second-order valence-electron chi connectivity index (χ2n) is 10.4. The van der Waals surface area contributed by atoms with E-state index in [9.17, 15) is 19.5 Å². The minimum atomic E-state index is -1.20. The monoisotopic (exact) mass is 588 g/mol. The van der Waals surface area contributed by atoms with E-state index < -0.39 is 41.6 Å². The van der Waals surface area contributed by atoms with Crippen molar-refractivity contribution in [3.05, 3.63) is 61.2 Å². The van der Waals surface area contributed by atoms with Crippen molar-refractivity contribution in [3.63, 3.8) is 0 Å². The van der Waals surface area contributed by atoms with Crippen LogP contribution in [0.1, 0.15) is 38.2 Å². The Kier molecular flexibility index (Phi) is 9.11. The zero-order valence-electron chi connectivity index (χ0n) is 21.8. The molecule has 1 N–H and O–H groups in total. The lowest BCUT2D eigenvalue weighted by Gasteiger charge is -2.38. The first kappa shape index (κ1) is 28.5. The number of amides is 2. The molecule has 3 fully saturated rings. The molecule has 3 unspecified atom stereocenters. The molecule has 1 spiro atoms. The number of carbonyl (C=O) groups excluding carboxylic acids is 3. The summed E-state index contributed by atoms with van der Waals surface area (Å²) in [6.45, 7) is 9.77. The Hall–Kier alpha value is -2.49. The maximum absolute atomic E-state index is 14.3. The molecule has 0 radical (unpaired) electrons. The van der Waals surface area contributed by atoms with Crippen LogP contribution in [0.5, 0.6) is 0 Å². The molecule has 9 heteroatoms. The van der Waals surface area contributed by atoms with Crippen molar-refractivity contribution in [2.45, 2.75) is 67.8 Å². The molecule has 0 aliphatic carbocycles. The number of halogens is 1. The number of hydrogen-bond donors (Lipinski definition) is 1. The summed E-state index contributed by atoms with van der Waals surface area (Å²) in [6.07, 6.45) is 5.69. The molecule has 206 valence electrons. The number of allylic oxidation sites excluding steroid dienone is 1. The number of nitrogens with zero attached hydrogens (tertiary/aromatic N) is 2. The number of rotatable bonds is 13. The number of esters is 1. The third kappa shape index (κ3) is 5.08. The van der Waals surface area contributed by atoms with Crippen LogP contribution in [-0.2, 0) is 30.4 Å². The highest BCUT2D eigenvalue weighted by atomic mass is 79.9. The second-order valence-corrected chi connectivity index (χ2v) is 11.6. The van der Waals surface area contributed by atoms with Gasteiger partial charge in [-0.25, -0.2) is 0 Å². The van der Waals surface area contributed by atoms with Gasteiger partial charge in [-0.1, -0.05) is 58.4 Å².